The Hall–Kier alpha value is -0.740. The van der Waals surface area contributed by atoms with E-state index in [-0.39, 0.29) is 5.91 Å². The zero-order valence-corrected chi connectivity index (χ0v) is 12.3. The van der Waals surface area contributed by atoms with E-state index in [4.69, 9.17) is 11.6 Å². The van der Waals surface area contributed by atoms with Gasteiger partial charge in [0.1, 0.15) is 0 Å². The molecule has 0 heterocycles. The average Bonchev–Trinajstić information content (AvgIpc) is 2.26. The van der Waals surface area contributed by atoms with Gasteiger partial charge in [-0.1, -0.05) is 27.5 Å². The van der Waals surface area contributed by atoms with Gasteiger partial charge in [0.2, 0.25) is 5.91 Å². The monoisotopic (exact) mass is 318 g/mol. The summed E-state index contributed by atoms with van der Waals surface area (Å²) in [4.78, 5) is 12.9. The summed E-state index contributed by atoms with van der Waals surface area (Å²) in [6.07, 6.45) is 1.34. The van der Waals surface area contributed by atoms with E-state index in [0.29, 0.717) is 11.4 Å². The van der Waals surface area contributed by atoms with Crippen LogP contribution in [0.25, 0.3) is 0 Å². The predicted octanol–water partition coefficient (Wildman–Crippen LogP) is 3.38. The second-order valence-electron chi connectivity index (χ2n) is 3.94. The fraction of sp³-hybridized carbons (Fsp3) is 0.417. The lowest BCUT2D eigenvalue weighted by Gasteiger charge is -2.11. The summed E-state index contributed by atoms with van der Waals surface area (Å²) < 4.78 is 0.954. The fourth-order valence-corrected chi connectivity index (χ4v) is 2.06. The van der Waals surface area contributed by atoms with E-state index in [9.17, 15) is 4.79 Å². The molecule has 0 spiro atoms. The van der Waals surface area contributed by atoms with Crippen LogP contribution in [-0.4, -0.2) is 31.4 Å². The molecule has 5 heteroatoms. The lowest BCUT2D eigenvalue weighted by molar-refractivity contribution is -0.128. The van der Waals surface area contributed by atoms with Crippen molar-refractivity contribution < 1.29 is 4.79 Å². The highest BCUT2D eigenvalue weighted by atomic mass is 79.9. The number of nitrogens with zero attached hydrogens (tertiary/aromatic N) is 1. The van der Waals surface area contributed by atoms with Gasteiger partial charge in [-0.3, -0.25) is 4.79 Å². The smallest absolute Gasteiger partial charge is 0.222 e. The van der Waals surface area contributed by atoms with Gasteiger partial charge in [0.25, 0.3) is 0 Å². The Labute approximate surface area is 115 Å². The van der Waals surface area contributed by atoms with Crippen molar-refractivity contribution in [3.8, 4) is 0 Å². The third-order valence-corrected chi connectivity index (χ3v) is 3.12. The van der Waals surface area contributed by atoms with Crippen LogP contribution >= 0.6 is 27.5 Å². The maximum absolute atomic E-state index is 11.3. The van der Waals surface area contributed by atoms with Crippen molar-refractivity contribution >= 4 is 39.1 Å². The Kier molecular flexibility index (Phi) is 5.78. The molecule has 1 aromatic carbocycles. The largest absolute Gasteiger partial charge is 0.384 e. The molecule has 0 aliphatic carbocycles. The molecule has 3 nitrogen and oxygen atoms in total. The van der Waals surface area contributed by atoms with Crippen LogP contribution < -0.4 is 5.32 Å². The zero-order valence-electron chi connectivity index (χ0n) is 9.96. The van der Waals surface area contributed by atoms with Crippen LogP contribution in [0.1, 0.15) is 12.8 Å². The van der Waals surface area contributed by atoms with Gasteiger partial charge in [0.15, 0.2) is 0 Å². The molecule has 0 saturated carbocycles. The van der Waals surface area contributed by atoms with Gasteiger partial charge < -0.3 is 10.2 Å². The van der Waals surface area contributed by atoms with E-state index in [0.717, 1.165) is 23.1 Å². The minimum atomic E-state index is 0.147. The van der Waals surface area contributed by atoms with Gasteiger partial charge in [-0.05, 0) is 24.6 Å². The van der Waals surface area contributed by atoms with Gasteiger partial charge in [-0.25, -0.2) is 0 Å². The third kappa shape index (κ3) is 4.96. The quantitative estimate of drug-likeness (QED) is 0.844. The van der Waals surface area contributed by atoms with Crippen LogP contribution in [-0.2, 0) is 4.79 Å². The minimum absolute atomic E-state index is 0.147. The van der Waals surface area contributed by atoms with Crippen LogP contribution in [0.5, 0.6) is 0 Å². The molecule has 0 aliphatic rings. The first-order valence-corrected chi connectivity index (χ1v) is 6.57. The molecule has 1 N–H and O–H groups in total. The third-order valence-electron chi connectivity index (χ3n) is 2.31. The average molecular weight is 320 g/mol. The number of rotatable bonds is 5. The standard InChI is InChI=1S/C12H16BrClN2O/c1-16(2)12(17)4-3-7-15-11-6-5-9(13)8-10(11)14/h5-6,8,15H,3-4,7H2,1-2H3. The van der Waals surface area contributed by atoms with Crippen molar-refractivity contribution in [3.05, 3.63) is 27.7 Å². The molecule has 0 atom stereocenters. The summed E-state index contributed by atoms with van der Waals surface area (Å²) >= 11 is 9.40. The Morgan fingerprint density at radius 2 is 2.18 bits per heavy atom. The summed E-state index contributed by atoms with van der Waals surface area (Å²) in [5, 5.41) is 3.89. The van der Waals surface area contributed by atoms with Crippen molar-refractivity contribution in [2.24, 2.45) is 0 Å². The zero-order chi connectivity index (χ0) is 12.8. The van der Waals surface area contributed by atoms with Crippen molar-refractivity contribution in [1.82, 2.24) is 4.90 Å². The van der Waals surface area contributed by atoms with Gasteiger partial charge in [-0.15, -0.1) is 0 Å². The molecular weight excluding hydrogens is 304 g/mol. The highest BCUT2D eigenvalue weighted by Crippen LogP contribution is 2.25. The molecule has 0 bridgehead atoms. The topological polar surface area (TPSA) is 32.3 Å². The summed E-state index contributed by atoms with van der Waals surface area (Å²) in [7, 11) is 3.53. The molecule has 0 aliphatic heterocycles. The molecule has 0 aromatic heterocycles. The Balaban J connectivity index is 2.34. The molecule has 0 unspecified atom stereocenters. The van der Waals surface area contributed by atoms with E-state index in [2.05, 4.69) is 21.2 Å². The van der Waals surface area contributed by atoms with E-state index in [1.54, 1.807) is 19.0 Å². The molecule has 0 fully saturated rings. The summed E-state index contributed by atoms with van der Waals surface area (Å²) in [5.74, 6) is 0.147. The van der Waals surface area contributed by atoms with E-state index < -0.39 is 0 Å². The maximum Gasteiger partial charge on any atom is 0.222 e. The first-order valence-electron chi connectivity index (χ1n) is 5.40. The molecule has 1 rings (SSSR count). The van der Waals surface area contributed by atoms with Crippen LogP contribution in [0, 0.1) is 0 Å². The number of hydrogen-bond acceptors (Lipinski definition) is 2. The second-order valence-corrected chi connectivity index (χ2v) is 5.27. The van der Waals surface area contributed by atoms with Gasteiger partial charge >= 0.3 is 0 Å². The number of carbonyl (C=O) groups is 1. The van der Waals surface area contributed by atoms with Crippen LogP contribution in [0.3, 0.4) is 0 Å². The van der Waals surface area contributed by atoms with Crippen LogP contribution in [0.4, 0.5) is 5.69 Å². The van der Waals surface area contributed by atoms with Crippen molar-refractivity contribution in [1.29, 1.82) is 0 Å². The fourth-order valence-electron chi connectivity index (χ4n) is 1.32. The molecule has 17 heavy (non-hydrogen) atoms. The number of carbonyl (C=O) groups excluding carboxylic acids is 1. The molecule has 0 saturated heterocycles. The van der Waals surface area contributed by atoms with Gasteiger partial charge in [-0.2, -0.15) is 0 Å². The number of anilines is 1. The molecule has 94 valence electrons. The first-order chi connectivity index (χ1) is 8.00. The Morgan fingerprint density at radius 3 is 2.76 bits per heavy atom. The number of halogens is 2. The number of hydrogen-bond donors (Lipinski definition) is 1. The van der Waals surface area contributed by atoms with Crippen molar-refractivity contribution in [2.75, 3.05) is 26.0 Å². The number of benzene rings is 1. The molecular formula is C12H16BrClN2O. The van der Waals surface area contributed by atoms with E-state index in [1.165, 1.54) is 0 Å². The van der Waals surface area contributed by atoms with Gasteiger partial charge in [0.05, 0.1) is 10.7 Å². The Bertz CT molecular complexity index is 396. The first kappa shape index (κ1) is 14.3. The van der Waals surface area contributed by atoms with Crippen LogP contribution in [0.15, 0.2) is 22.7 Å². The molecule has 1 aromatic rings. The highest BCUT2D eigenvalue weighted by molar-refractivity contribution is 9.10. The SMILES string of the molecule is CN(C)C(=O)CCCNc1ccc(Br)cc1Cl. The van der Waals surface area contributed by atoms with E-state index >= 15 is 0 Å². The van der Waals surface area contributed by atoms with Crippen molar-refractivity contribution in [2.45, 2.75) is 12.8 Å². The van der Waals surface area contributed by atoms with E-state index in [1.807, 2.05) is 18.2 Å². The van der Waals surface area contributed by atoms with Crippen molar-refractivity contribution in [3.63, 3.8) is 0 Å². The summed E-state index contributed by atoms with van der Waals surface area (Å²) in [5.41, 5.74) is 0.896. The summed E-state index contributed by atoms with van der Waals surface area (Å²) in [6, 6.07) is 5.69. The lowest BCUT2D eigenvalue weighted by atomic mass is 10.2. The molecule has 0 radical (unpaired) electrons. The predicted molar refractivity (Wildman–Crippen MR) is 75.6 cm³/mol. The highest BCUT2D eigenvalue weighted by Gasteiger charge is 2.04. The Morgan fingerprint density at radius 1 is 1.47 bits per heavy atom. The normalized spacial score (nSPS) is 10.1. The number of nitrogens with one attached hydrogen (secondary N) is 1. The minimum Gasteiger partial charge on any atom is -0.384 e. The number of amides is 1. The lowest BCUT2D eigenvalue weighted by Crippen LogP contribution is -2.22. The second kappa shape index (κ2) is 6.87. The molecule has 1 amide bonds. The van der Waals surface area contributed by atoms with Crippen LogP contribution in [0.2, 0.25) is 5.02 Å². The maximum atomic E-state index is 11.3. The van der Waals surface area contributed by atoms with Gasteiger partial charge in [0, 0.05) is 31.5 Å². The summed E-state index contributed by atoms with van der Waals surface area (Å²) in [6.45, 7) is 0.737.